The summed E-state index contributed by atoms with van der Waals surface area (Å²) in [6.45, 7) is 0. The molecule has 0 spiro atoms. The average molecular weight is 312 g/mol. The summed E-state index contributed by atoms with van der Waals surface area (Å²) in [5, 5.41) is 12.6. The van der Waals surface area contributed by atoms with E-state index in [2.05, 4.69) is 16.4 Å². The maximum atomic E-state index is 12.5. The molecule has 1 aliphatic rings. The molecule has 0 saturated heterocycles. The number of benzene rings is 1. The Balaban J connectivity index is 1.79. The van der Waals surface area contributed by atoms with Crippen LogP contribution in [-0.2, 0) is 0 Å². The number of anilines is 3. The molecule has 0 aliphatic heterocycles. The largest absolute Gasteiger partial charge is 0.382 e. The van der Waals surface area contributed by atoms with Crippen molar-refractivity contribution in [3.05, 3.63) is 34.7 Å². The van der Waals surface area contributed by atoms with E-state index in [-0.39, 0.29) is 11.7 Å². The molecule has 0 atom stereocenters. The van der Waals surface area contributed by atoms with Gasteiger partial charge in [-0.25, -0.2) is 4.98 Å². The van der Waals surface area contributed by atoms with Gasteiger partial charge in [-0.15, -0.1) is 0 Å². The van der Waals surface area contributed by atoms with Crippen molar-refractivity contribution in [1.29, 1.82) is 5.26 Å². The Kier molecular flexibility index (Phi) is 4.07. The summed E-state index contributed by atoms with van der Waals surface area (Å²) in [6, 6.07) is 9.19. The third-order valence-corrected chi connectivity index (χ3v) is 4.85. The van der Waals surface area contributed by atoms with Crippen molar-refractivity contribution < 1.29 is 4.79 Å². The van der Waals surface area contributed by atoms with Gasteiger partial charge >= 0.3 is 0 Å². The summed E-state index contributed by atoms with van der Waals surface area (Å²) in [5.41, 5.74) is 7.23. The molecule has 0 unspecified atom stereocenters. The lowest BCUT2D eigenvalue weighted by Crippen LogP contribution is -2.11. The first-order valence-corrected chi connectivity index (χ1v) is 8.06. The Labute approximate surface area is 132 Å². The van der Waals surface area contributed by atoms with Gasteiger partial charge in [0.05, 0.1) is 11.6 Å². The highest BCUT2D eigenvalue weighted by atomic mass is 32.1. The number of hydrogen-bond donors (Lipinski definition) is 2. The van der Waals surface area contributed by atoms with Crippen LogP contribution in [0.5, 0.6) is 0 Å². The summed E-state index contributed by atoms with van der Waals surface area (Å²) in [4.78, 5) is 17.2. The Hall–Kier alpha value is -2.39. The molecule has 5 nitrogen and oxygen atoms in total. The lowest BCUT2D eigenvalue weighted by atomic mass is 10.0. The summed E-state index contributed by atoms with van der Waals surface area (Å²) in [5.74, 6) is 0.504. The van der Waals surface area contributed by atoms with E-state index >= 15 is 0 Å². The van der Waals surface area contributed by atoms with Crippen LogP contribution in [0.4, 0.5) is 16.6 Å². The molecule has 22 heavy (non-hydrogen) atoms. The number of rotatable bonds is 4. The predicted octanol–water partition coefficient (Wildman–Crippen LogP) is 3.71. The number of carbonyl (C=O) groups is 1. The Morgan fingerprint density at radius 3 is 2.91 bits per heavy atom. The van der Waals surface area contributed by atoms with Crippen LogP contribution in [0.1, 0.15) is 40.9 Å². The van der Waals surface area contributed by atoms with Crippen LogP contribution in [0.3, 0.4) is 0 Å². The first-order chi connectivity index (χ1) is 10.7. The van der Waals surface area contributed by atoms with Crippen molar-refractivity contribution in [3.8, 4) is 6.07 Å². The number of nitrogens with two attached hydrogens (primary N) is 1. The van der Waals surface area contributed by atoms with Crippen LogP contribution in [0.25, 0.3) is 0 Å². The van der Waals surface area contributed by atoms with Crippen LogP contribution in [0.15, 0.2) is 24.3 Å². The SMILES string of the molecule is N#Cc1cccc(Nc2nc(N)c(C(=O)C3CCCC3)s2)c1. The standard InChI is InChI=1S/C16H16N4OS/c17-9-10-4-3-7-12(8-10)19-16-20-15(18)14(22-16)13(21)11-5-1-2-6-11/h3-4,7-8,11H,1-2,5-6,18H2,(H,19,20). The second kappa shape index (κ2) is 6.16. The van der Waals surface area contributed by atoms with Gasteiger partial charge in [0, 0.05) is 11.6 Å². The molecule has 1 heterocycles. The van der Waals surface area contributed by atoms with Gasteiger partial charge in [0.2, 0.25) is 0 Å². The fourth-order valence-corrected chi connectivity index (χ4v) is 3.65. The molecule has 0 bridgehead atoms. The summed E-state index contributed by atoms with van der Waals surface area (Å²) in [7, 11) is 0. The van der Waals surface area contributed by atoms with E-state index in [0.717, 1.165) is 31.4 Å². The third kappa shape index (κ3) is 2.95. The van der Waals surface area contributed by atoms with E-state index in [1.165, 1.54) is 11.3 Å². The fraction of sp³-hybridized carbons (Fsp3) is 0.312. The van der Waals surface area contributed by atoms with Crippen molar-refractivity contribution in [2.45, 2.75) is 25.7 Å². The number of nitrogens with one attached hydrogen (secondary N) is 1. The van der Waals surface area contributed by atoms with Crippen LogP contribution in [-0.4, -0.2) is 10.8 Å². The second-order valence-electron chi connectivity index (χ2n) is 5.40. The topological polar surface area (TPSA) is 91.8 Å². The predicted molar refractivity (Wildman–Crippen MR) is 87.3 cm³/mol. The number of ketones is 1. The first kappa shape index (κ1) is 14.5. The average Bonchev–Trinajstić information content (AvgIpc) is 3.17. The molecule has 6 heteroatoms. The van der Waals surface area contributed by atoms with Crippen molar-refractivity contribution in [3.63, 3.8) is 0 Å². The molecule has 0 radical (unpaired) electrons. The molecule has 112 valence electrons. The summed E-state index contributed by atoms with van der Waals surface area (Å²) in [6.07, 6.45) is 4.12. The van der Waals surface area contributed by atoms with Crippen LogP contribution in [0, 0.1) is 17.2 Å². The van der Waals surface area contributed by atoms with E-state index in [4.69, 9.17) is 11.0 Å². The van der Waals surface area contributed by atoms with Crippen LogP contribution >= 0.6 is 11.3 Å². The summed E-state index contributed by atoms with van der Waals surface area (Å²) < 4.78 is 0. The Morgan fingerprint density at radius 2 is 2.18 bits per heavy atom. The van der Waals surface area contributed by atoms with Crippen molar-refractivity contribution in [2.75, 3.05) is 11.1 Å². The van der Waals surface area contributed by atoms with Gasteiger partial charge in [-0.05, 0) is 31.0 Å². The molecule has 3 rings (SSSR count). The van der Waals surface area contributed by atoms with E-state index in [1.54, 1.807) is 18.2 Å². The lowest BCUT2D eigenvalue weighted by molar-refractivity contribution is 0.0927. The lowest BCUT2D eigenvalue weighted by Gasteiger charge is -2.05. The highest BCUT2D eigenvalue weighted by Gasteiger charge is 2.27. The maximum Gasteiger partial charge on any atom is 0.189 e. The molecular formula is C16H16N4OS. The number of nitrogen functional groups attached to an aromatic ring is 1. The molecule has 1 fully saturated rings. The molecule has 1 aliphatic carbocycles. The second-order valence-corrected chi connectivity index (χ2v) is 6.40. The molecule has 2 aromatic rings. The Bertz CT molecular complexity index is 741. The number of nitriles is 1. The smallest absolute Gasteiger partial charge is 0.189 e. The minimum Gasteiger partial charge on any atom is -0.382 e. The zero-order valence-corrected chi connectivity index (χ0v) is 12.8. The minimum absolute atomic E-state index is 0.0949. The Morgan fingerprint density at radius 1 is 1.41 bits per heavy atom. The van der Waals surface area contributed by atoms with E-state index in [9.17, 15) is 4.79 Å². The van der Waals surface area contributed by atoms with E-state index in [0.29, 0.717) is 21.4 Å². The quantitative estimate of drug-likeness (QED) is 0.840. The molecule has 3 N–H and O–H groups in total. The highest BCUT2D eigenvalue weighted by molar-refractivity contribution is 7.18. The number of aromatic nitrogens is 1. The monoisotopic (exact) mass is 312 g/mol. The zero-order chi connectivity index (χ0) is 15.5. The highest BCUT2D eigenvalue weighted by Crippen LogP contribution is 2.34. The molecule has 1 aromatic heterocycles. The van der Waals surface area contributed by atoms with E-state index in [1.807, 2.05) is 6.07 Å². The van der Waals surface area contributed by atoms with Gasteiger partial charge in [-0.1, -0.05) is 30.2 Å². The molecule has 1 saturated carbocycles. The number of carbonyl (C=O) groups excluding carboxylic acids is 1. The van der Waals surface area contributed by atoms with Gasteiger partial charge in [0.1, 0.15) is 10.7 Å². The number of Topliss-reactive ketones (excluding diaryl/α,β-unsaturated/α-hetero) is 1. The maximum absolute atomic E-state index is 12.5. The van der Waals surface area contributed by atoms with Gasteiger partial charge in [-0.3, -0.25) is 4.79 Å². The number of hydrogen-bond acceptors (Lipinski definition) is 6. The zero-order valence-electron chi connectivity index (χ0n) is 12.0. The van der Waals surface area contributed by atoms with Gasteiger partial charge in [-0.2, -0.15) is 5.26 Å². The normalized spacial score (nSPS) is 14.7. The number of thiazole rings is 1. The van der Waals surface area contributed by atoms with Crippen molar-refractivity contribution in [1.82, 2.24) is 4.98 Å². The molecule has 0 amide bonds. The third-order valence-electron chi connectivity index (χ3n) is 3.85. The van der Waals surface area contributed by atoms with Crippen molar-refractivity contribution >= 4 is 33.8 Å². The van der Waals surface area contributed by atoms with E-state index < -0.39 is 0 Å². The first-order valence-electron chi connectivity index (χ1n) is 7.25. The van der Waals surface area contributed by atoms with Gasteiger partial charge in [0.15, 0.2) is 10.9 Å². The van der Waals surface area contributed by atoms with Crippen molar-refractivity contribution in [2.24, 2.45) is 5.92 Å². The molecular weight excluding hydrogens is 296 g/mol. The van der Waals surface area contributed by atoms with Crippen LogP contribution < -0.4 is 11.1 Å². The van der Waals surface area contributed by atoms with Gasteiger partial charge in [0.25, 0.3) is 0 Å². The fourth-order valence-electron chi connectivity index (χ4n) is 2.73. The summed E-state index contributed by atoms with van der Waals surface area (Å²) >= 11 is 1.28. The number of nitrogens with zero attached hydrogens (tertiary/aromatic N) is 2. The van der Waals surface area contributed by atoms with Gasteiger partial charge < -0.3 is 11.1 Å². The minimum atomic E-state index is 0.0949. The molecule has 1 aromatic carbocycles. The van der Waals surface area contributed by atoms with Crippen LogP contribution in [0.2, 0.25) is 0 Å².